The number of nitrogens with one attached hydrogen (secondary N) is 1. The van der Waals surface area contributed by atoms with Gasteiger partial charge in [-0.3, -0.25) is 24.3 Å². The smallest absolute Gasteiger partial charge is 0.303 e. The zero-order chi connectivity index (χ0) is 34.1. The second-order valence-corrected chi connectivity index (χ2v) is 11.3. The molecule has 13 heteroatoms. The van der Waals surface area contributed by atoms with E-state index in [1.165, 1.54) is 6.92 Å². The quantitative estimate of drug-likeness (QED) is 0.208. The van der Waals surface area contributed by atoms with Crippen LogP contribution in [0.4, 0.5) is 0 Å². The van der Waals surface area contributed by atoms with Crippen LogP contribution in [-0.4, -0.2) is 71.4 Å². The van der Waals surface area contributed by atoms with Crippen LogP contribution >= 0.6 is 0 Å². The van der Waals surface area contributed by atoms with E-state index in [1.54, 1.807) is 0 Å². The summed E-state index contributed by atoms with van der Waals surface area (Å²) < 4.78 is 40.4. The molecule has 1 aromatic heterocycles. The maximum Gasteiger partial charge on any atom is 0.303 e. The summed E-state index contributed by atoms with van der Waals surface area (Å²) in [7, 11) is 0. The molecule has 2 aromatic carbocycles. The predicted molar refractivity (Wildman–Crippen MR) is 165 cm³/mol. The highest BCUT2D eigenvalue weighted by Crippen LogP contribution is 2.35. The third kappa shape index (κ3) is 9.55. The van der Waals surface area contributed by atoms with Gasteiger partial charge in [-0.15, -0.1) is 5.10 Å². The number of para-hydroxylation sites is 1. The Kier molecular flexibility index (Phi) is 12.0. The Morgan fingerprint density at radius 2 is 1.43 bits per heavy atom. The van der Waals surface area contributed by atoms with Gasteiger partial charge in [-0.2, -0.15) is 0 Å². The highest BCUT2D eigenvalue weighted by Gasteiger charge is 2.53. The highest BCUT2D eigenvalue weighted by molar-refractivity contribution is 5.68. The molecule has 0 unspecified atom stereocenters. The Labute approximate surface area is 272 Å². The SMILES string of the molecule is CC(=O)OC[C@H]1O[C@@H](Oc2n[nH]c(C(C)C)c2Cc2ccccc2OCc2ccccc2)[C@H](OC(C)=O)[C@@H](OC(C)=O)[C@@H]1OC(C)=O. The molecular formula is C34H40N2O11. The van der Waals surface area contributed by atoms with E-state index in [4.69, 9.17) is 33.2 Å². The summed E-state index contributed by atoms with van der Waals surface area (Å²) in [6.07, 6.45) is -6.33. The summed E-state index contributed by atoms with van der Waals surface area (Å²) in [6, 6.07) is 17.4. The van der Waals surface area contributed by atoms with Crippen molar-refractivity contribution in [3.8, 4) is 11.6 Å². The normalized spacial score (nSPS) is 20.6. The number of rotatable bonds is 13. The van der Waals surface area contributed by atoms with E-state index in [0.29, 0.717) is 24.3 Å². The van der Waals surface area contributed by atoms with Crippen molar-refractivity contribution in [1.82, 2.24) is 10.2 Å². The first-order valence-corrected chi connectivity index (χ1v) is 15.2. The molecule has 0 radical (unpaired) electrons. The van der Waals surface area contributed by atoms with Gasteiger partial charge in [0, 0.05) is 45.4 Å². The zero-order valence-electron chi connectivity index (χ0n) is 27.2. The second kappa shape index (κ2) is 16.1. The minimum Gasteiger partial charge on any atom is -0.489 e. The Bertz CT molecular complexity index is 1540. The zero-order valence-corrected chi connectivity index (χ0v) is 27.2. The number of ether oxygens (including phenoxy) is 7. The lowest BCUT2D eigenvalue weighted by molar-refractivity contribution is -0.289. The highest BCUT2D eigenvalue weighted by atomic mass is 16.7. The van der Waals surface area contributed by atoms with Crippen molar-refractivity contribution in [3.63, 3.8) is 0 Å². The molecule has 1 saturated heterocycles. The van der Waals surface area contributed by atoms with Crippen molar-refractivity contribution in [1.29, 1.82) is 0 Å². The Hall–Kier alpha value is -4.91. The number of H-pyrrole nitrogens is 1. The first kappa shape index (κ1) is 35.0. The van der Waals surface area contributed by atoms with Crippen molar-refractivity contribution in [2.75, 3.05) is 6.61 Å². The molecule has 1 aliphatic rings. The average Bonchev–Trinajstić information content (AvgIpc) is 3.40. The fourth-order valence-corrected chi connectivity index (χ4v) is 5.22. The van der Waals surface area contributed by atoms with Crippen molar-refractivity contribution in [2.24, 2.45) is 0 Å². The van der Waals surface area contributed by atoms with E-state index in [-0.39, 0.29) is 18.4 Å². The number of aromatic amines is 1. The van der Waals surface area contributed by atoms with E-state index >= 15 is 0 Å². The first-order valence-electron chi connectivity index (χ1n) is 15.2. The summed E-state index contributed by atoms with van der Waals surface area (Å²) in [6.45, 7) is 8.65. The standard InChI is InChI=1S/C34H40N2O11/c1-19(2)29-26(16-25-14-10-11-15-27(25)42-17-24-12-8-7-9-13-24)33(36-35-29)47-34-32(45-23(6)40)31(44-22(5)39)30(43-21(4)38)28(46-34)18-41-20(3)37/h7-15,19,28,30-32,34H,16-18H2,1-6H3,(H,35,36)/t28-,30-,31+,32-,34+/m1/s1. The van der Waals surface area contributed by atoms with E-state index in [0.717, 1.165) is 37.6 Å². The molecule has 1 N–H and O–H groups in total. The van der Waals surface area contributed by atoms with Gasteiger partial charge >= 0.3 is 23.9 Å². The van der Waals surface area contributed by atoms with Crippen LogP contribution in [-0.2, 0) is 55.9 Å². The molecule has 5 atom stereocenters. The van der Waals surface area contributed by atoms with Gasteiger partial charge < -0.3 is 33.2 Å². The van der Waals surface area contributed by atoms with E-state index in [1.807, 2.05) is 68.4 Å². The number of carbonyl (C=O) groups excluding carboxylic acids is 4. The number of esters is 4. The molecule has 13 nitrogen and oxygen atoms in total. The summed E-state index contributed by atoms with van der Waals surface area (Å²) in [5.41, 5.74) is 3.34. The predicted octanol–water partition coefficient (Wildman–Crippen LogP) is 4.16. The van der Waals surface area contributed by atoms with Crippen LogP contribution in [0, 0.1) is 0 Å². The van der Waals surface area contributed by atoms with E-state index < -0.39 is 54.6 Å². The lowest BCUT2D eigenvalue weighted by Gasteiger charge is -2.43. The van der Waals surface area contributed by atoms with Gasteiger partial charge in [0.25, 0.3) is 0 Å². The number of nitrogens with zero attached hydrogens (tertiary/aromatic N) is 1. The first-order chi connectivity index (χ1) is 22.4. The van der Waals surface area contributed by atoms with Crippen molar-refractivity contribution in [3.05, 3.63) is 77.0 Å². The van der Waals surface area contributed by atoms with Gasteiger partial charge in [-0.25, -0.2) is 0 Å². The molecule has 1 aliphatic heterocycles. The lowest BCUT2D eigenvalue weighted by Crippen LogP contribution is -2.63. The number of aromatic nitrogens is 2. The van der Waals surface area contributed by atoms with Gasteiger partial charge in [0.05, 0.1) is 0 Å². The molecule has 0 aliphatic carbocycles. The van der Waals surface area contributed by atoms with Crippen LogP contribution in [0.5, 0.6) is 11.6 Å². The fraction of sp³-hybridized carbons (Fsp3) is 0.441. The minimum atomic E-state index is -1.43. The largest absolute Gasteiger partial charge is 0.489 e. The molecule has 0 spiro atoms. The molecule has 0 amide bonds. The second-order valence-electron chi connectivity index (χ2n) is 11.3. The monoisotopic (exact) mass is 652 g/mol. The topological polar surface area (TPSA) is 162 Å². The van der Waals surface area contributed by atoms with Gasteiger partial charge in [0.2, 0.25) is 18.3 Å². The third-order valence-electron chi connectivity index (χ3n) is 7.19. The van der Waals surface area contributed by atoms with Crippen LogP contribution in [0.1, 0.15) is 69.8 Å². The van der Waals surface area contributed by atoms with Crippen LogP contribution in [0.2, 0.25) is 0 Å². The Morgan fingerprint density at radius 3 is 2.06 bits per heavy atom. The van der Waals surface area contributed by atoms with Crippen LogP contribution < -0.4 is 9.47 Å². The van der Waals surface area contributed by atoms with Gasteiger partial charge in [-0.05, 0) is 23.1 Å². The fourth-order valence-electron chi connectivity index (χ4n) is 5.22. The molecule has 1 fully saturated rings. The summed E-state index contributed by atoms with van der Waals surface area (Å²) in [5.74, 6) is -2.03. The van der Waals surface area contributed by atoms with Crippen molar-refractivity contribution in [2.45, 2.75) is 91.2 Å². The number of hydrogen-bond donors (Lipinski definition) is 1. The minimum absolute atomic E-state index is 0.00245. The Morgan fingerprint density at radius 1 is 0.809 bits per heavy atom. The Balaban J connectivity index is 1.70. The number of benzene rings is 2. The molecule has 0 saturated carbocycles. The molecular weight excluding hydrogens is 612 g/mol. The molecule has 2 heterocycles. The summed E-state index contributed by atoms with van der Waals surface area (Å²) >= 11 is 0. The molecule has 252 valence electrons. The van der Waals surface area contributed by atoms with Crippen molar-refractivity contribution >= 4 is 23.9 Å². The van der Waals surface area contributed by atoms with Gasteiger partial charge in [0.1, 0.15) is 25.1 Å². The van der Waals surface area contributed by atoms with Crippen LogP contribution in [0.25, 0.3) is 0 Å². The molecule has 0 bridgehead atoms. The molecule has 47 heavy (non-hydrogen) atoms. The molecule has 3 aromatic rings. The summed E-state index contributed by atoms with van der Waals surface area (Å²) in [4.78, 5) is 48.3. The number of carbonyl (C=O) groups is 4. The van der Waals surface area contributed by atoms with Gasteiger partial charge in [-0.1, -0.05) is 62.4 Å². The maximum atomic E-state index is 12.3. The third-order valence-corrected chi connectivity index (χ3v) is 7.19. The lowest BCUT2D eigenvalue weighted by atomic mass is 9.97. The van der Waals surface area contributed by atoms with Crippen LogP contribution in [0.15, 0.2) is 54.6 Å². The number of hydrogen-bond acceptors (Lipinski definition) is 12. The van der Waals surface area contributed by atoms with Crippen molar-refractivity contribution < 1.29 is 52.3 Å². The molecule has 4 rings (SSSR count). The van der Waals surface area contributed by atoms with Gasteiger partial charge in [0.15, 0.2) is 12.2 Å². The maximum absolute atomic E-state index is 12.3. The summed E-state index contributed by atoms with van der Waals surface area (Å²) in [5, 5.41) is 7.47. The van der Waals surface area contributed by atoms with E-state index in [9.17, 15) is 19.2 Å². The van der Waals surface area contributed by atoms with E-state index in [2.05, 4.69) is 10.2 Å². The van der Waals surface area contributed by atoms with Crippen LogP contribution in [0.3, 0.4) is 0 Å². The average molecular weight is 653 g/mol.